The van der Waals surface area contributed by atoms with Crippen molar-refractivity contribution in [2.45, 2.75) is 64.9 Å². The predicted molar refractivity (Wildman–Crippen MR) is 80.6 cm³/mol. The van der Waals surface area contributed by atoms with Gasteiger partial charge >= 0.3 is 5.97 Å². The van der Waals surface area contributed by atoms with Gasteiger partial charge in [0.2, 0.25) is 0 Å². The molecule has 2 aliphatic carbocycles. The average molecular weight is 290 g/mol. The number of ketones is 1. The van der Waals surface area contributed by atoms with Crippen LogP contribution in [0.2, 0.25) is 0 Å². The van der Waals surface area contributed by atoms with Gasteiger partial charge in [-0.1, -0.05) is 20.4 Å². The molecule has 1 unspecified atom stereocenters. The van der Waals surface area contributed by atoms with Crippen molar-refractivity contribution < 1.29 is 14.3 Å². The lowest BCUT2D eigenvalue weighted by Gasteiger charge is -2.42. The number of carbonyl (C=O) groups is 2. The summed E-state index contributed by atoms with van der Waals surface area (Å²) >= 11 is 0. The highest BCUT2D eigenvalue weighted by molar-refractivity contribution is 5.89. The molecule has 0 N–H and O–H groups in total. The summed E-state index contributed by atoms with van der Waals surface area (Å²) in [6.45, 7) is 8.35. The summed E-state index contributed by atoms with van der Waals surface area (Å²) in [6, 6.07) is 0. The number of rotatable bonds is 3. The van der Waals surface area contributed by atoms with Crippen LogP contribution in [0.15, 0.2) is 12.2 Å². The average Bonchev–Trinajstić information content (AvgIpc) is 2.91. The Morgan fingerprint density at radius 2 is 2.14 bits per heavy atom. The van der Waals surface area contributed by atoms with E-state index < -0.39 is 0 Å². The van der Waals surface area contributed by atoms with Crippen LogP contribution in [0.5, 0.6) is 0 Å². The van der Waals surface area contributed by atoms with Crippen LogP contribution in [-0.2, 0) is 14.3 Å². The molecule has 2 saturated carbocycles. The molecule has 5 atom stereocenters. The molecule has 116 valence electrons. The maximum Gasteiger partial charge on any atom is 0.333 e. The number of fused-ring (bicyclic) bond motifs is 1. The number of ether oxygens (including phenoxy) is 1. The number of carbonyl (C=O) groups excluding carboxylic acids is 2. The van der Waals surface area contributed by atoms with Crippen molar-refractivity contribution in [2.75, 3.05) is 0 Å². The van der Waals surface area contributed by atoms with Gasteiger partial charge in [0.1, 0.15) is 11.9 Å². The number of Topliss-reactive ketones (excluding diaryl/α,β-unsaturated/α-hetero) is 1. The lowest BCUT2D eigenvalue weighted by atomic mass is 9.62. The van der Waals surface area contributed by atoms with Crippen LogP contribution in [0, 0.1) is 23.2 Å². The Bertz CT molecular complexity index is 465. The zero-order chi connectivity index (χ0) is 15.2. The molecule has 3 fully saturated rings. The Labute approximate surface area is 127 Å². The SMILES string of the molecule is C=C1C[C@@H](C[C@@H](C)[C@H]2CCC3C(=O)CCC[C@]32C)OC1=O. The Kier molecular flexibility index (Phi) is 3.71. The first-order valence-electron chi connectivity index (χ1n) is 8.33. The zero-order valence-electron chi connectivity index (χ0n) is 13.2. The topological polar surface area (TPSA) is 43.4 Å². The largest absolute Gasteiger partial charge is 0.459 e. The molecule has 1 heterocycles. The first-order chi connectivity index (χ1) is 9.91. The second-order valence-electron chi connectivity index (χ2n) is 7.61. The van der Waals surface area contributed by atoms with Crippen LogP contribution >= 0.6 is 0 Å². The van der Waals surface area contributed by atoms with Crippen LogP contribution in [0.1, 0.15) is 58.8 Å². The molecule has 3 aliphatic rings. The normalized spacial score (nSPS) is 41.0. The van der Waals surface area contributed by atoms with E-state index in [1.54, 1.807) is 0 Å². The minimum Gasteiger partial charge on any atom is -0.459 e. The fourth-order valence-electron chi connectivity index (χ4n) is 5.25. The molecular formula is C18H26O3. The van der Waals surface area contributed by atoms with Gasteiger partial charge in [0, 0.05) is 24.3 Å². The van der Waals surface area contributed by atoms with Crippen molar-refractivity contribution in [1.82, 2.24) is 0 Å². The van der Waals surface area contributed by atoms with Gasteiger partial charge in [-0.15, -0.1) is 0 Å². The van der Waals surface area contributed by atoms with E-state index in [1.807, 2.05) is 0 Å². The molecule has 0 radical (unpaired) electrons. The summed E-state index contributed by atoms with van der Waals surface area (Å²) in [5.41, 5.74) is 0.782. The maximum absolute atomic E-state index is 12.2. The molecule has 0 amide bonds. The number of cyclic esters (lactones) is 1. The third kappa shape index (κ3) is 2.45. The zero-order valence-corrected chi connectivity index (χ0v) is 13.2. The van der Waals surface area contributed by atoms with Crippen molar-refractivity contribution in [1.29, 1.82) is 0 Å². The van der Waals surface area contributed by atoms with E-state index in [1.165, 1.54) is 6.42 Å². The van der Waals surface area contributed by atoms with E-state index in [-0.39, 0.29) is 23.4 Å². The number of esters is 1. The predicted octanol–water partition coefficient (Wildman–Crippen LogP) is 3.67. The first-order valence-corrected chi connectivity index (χ1v) is 8.33. The van der Waals surface area contributed by atoms with Gasteiger partial charge in [0.05, 0.1) is 0 Å². The van der Waals surface area contributed by atoms with Gasteiger partial charge in [0.15, 0.2) is 0 Å². The van der Waals surface area contributed by atoms with Gasteiger partial charge in [-0.05, 0) is 49.4 Å². The van der Waals surface area contributed by atoms with Crippen molar-refractivity contribution >= 4 is 11.8 Å². The van der Waals surface area contributed by atoms with Crippen molar-refractivity contribution in [3.63, 3.8) is 0 Å². The van der Waals surface area contributed by atoms with Crippen LogP contribution in [0.4, 0.5) is 0 Å². The molecule has 0 bridgehead atoms. The van der Waals surface area contributed by atoms with Crippen LogP contribution < -0.4 is 0 Å². The van der Waals surface area contributed by atoms with Crippen LogP contribution in [-0.4, -0.2) is 17.9 Å². The summed E-state index contributed by atoms with van der Waals surface area (Å²) in [7, 11) is 0. The summed E-state index contributed by atoms with van der Waals surface area (Å²) in [5.74, 6) is 1.61. The van der Waals surface area contributed by atoms with E-state index in [2.05, 4.69) is 20.4 Å². The Hall–Kier alpha value is -1.12. The van der Waals surface area contributed by atoms with Crippen LogP contribution in [0.3, 0.4) is 0 Å². The molecule has 0 aromatic heterocycles. The number of hydrogen-bond acceptors (Lipinski definition) is 3. The van der Waals surface area contributed by atoms with Crippen molar-refractivity contribution in [2.24, 2.45) is 23.2 Å². The van der Waals surface area contributed by atoms with Gasteiger partial charge in [0.25, 0.3) is 0 Å². The summed E-state index contributed by atoms with van der Waals surface area (Å²) < 4.78 is 5.39. The van der Waals surface area contributed by atoms with Gasteiger partial charge < -0.3 is 4.74 Å². The second kappa shape index (κ2) is 5.26. The van der Waals surface area contributed by atoms with Gasteiger partial charge in [-0.3, -0.25) is 4.79 Å². The molecule has 1 saturated heterocycles. The quantitative estimate of drug-likeness (QED) is 0.588. The highest BCUT2D eigenvalue weighted by atomic mass is 16.5. The fraction of sp³-hybridized carbons (Fsp3) is 0.778. The number of hydrogen-bond donors (Lipinski definition) is 0. The minimum absolute atomic E-state index is 0.00180. The second-order valence-corrected chi connectivity index (χ2v) is 7.61. The molecule has 1 aliphatic heterocycles. The van der Waals surface area contributed by atoms with Gasteiger partial charge in [-0.2, -0.15) is 0 Å². The maximum atomic E-state index is 12.2. The van der Waals surface area contributed by atoms with Crippen molar-refractivity contribution in [3.05, 3.63) is 12.2 Å². The van der Waals surface area contributed by atoms with E-state index >= 15 is 0 Å². The van der Waals surface area contributed by atoms with E-state index in [0.29, 0.717) is 29.6 Å². The lowest BCUT2D eigenvalue weighted by molar-refractivity contribution is -0.139. The Morgan fingerprint density at radius 3 is 2.81 bits per heavy atom. The third-order valence-electron chi connectivity index (χ3n) is 6.29. The molecule has 0 aromatic rings. The van der Waals surface area contributed by atoms with Crippen LogP contribution in [0.25, 0.3) is 0 Å². The molecule has 3 nitrogen and oxygen atoms in total. The molecular weight excluding hydrogens is 264 g/mol. The smallest absolute Gasteiger partial charge is 0.333 e. The highest BCUT2D eigenvalue weighted by Gasteiger charge is 2.52. The summed E-state index contributed by atoms with van der Waals surface area (Å²) in [4.78, 5) is 23.7. The van der Waals surface area contributed by atoms with E-state index in [9.17, 15) is 9.59 Å². The molecule has 21 heavy (non-hydrogen) atoms. The van der Waals surface area contributed by atoms with Crippen molar-refractivity contribution in [3.8, 4) is 0 Å². The minimum atomic E-state index is -0.226. The van der Waals surface area contributed by atoms with Gasteiger partial charge in [-0.25, -0.2) is 4.79 Å². The molecule has 3 rings (SSSR count). The standard InChI is InChI=1S/C18H26O3/c1-11(9-13-10-12(2)17(20)21-13)14-6-7-15-16(19)5-4-8-18(14,15)3/h11,13-15H,2,4-10H2,1,3H3/t11-,13-,14-,15?,18+/m1/s1. The Balaban J connectivity index is 1.68. The molecule has 0 aromatic carbocycles. The lowest BCUT2D eigenvalue weighted by Crippen LogP contribution is -2.39. The first kappa shape index (κ1) is 14.8. The van der Waals surface area contributed by atoms with E-state index in [4.69, 9.17) is 4.74 Å². The summed E-state index contributed by atoms with van der Waals surface area (Å²) in [6.07, 6.45) is 6.79. The molecule has 3 heteroatoms. The van der Waals surface area contributed by atoms with E-state index in [0.717, 1.165) is 32.1 Å². The monoisotopic (exact) mass is 290 g/mol. The summed E-state index contributed by atoms with van der Waals surface area (Å²) in [5, 5.41) is 0. The molecule has 0 spiro atoms. The highest BCUT2D eigenvalue weighted by Crippen LogP contribution is 2.57. The fourth-order valence-corrected chi connectivity index (χ4v) is 5.25. The third-order valence-corrected chi connectivity index (χ3v) is 6.29. The Morgan fingerprint density at radius 1 is 1.38 bits per heavy atom.